The summed E-state index contributed by atoms with van der Waals surface area (Å²) in [7, 11) is 1.77. The van der Waals surface area contributed by atoms with Crippen LogP contribution in [0.4, 0.5) is 5.13 Å². The normalized spacial score (nSPS) is 10.8. The first kappa shape index (κ1) is 13.8. The molecule has 3 aromatic rings. The average molecular weight is 296 g/mol. The van der Waals surface area contributed by atoms with Crippen LogP contribution in [-0.4, -0.2) is 17.9 Å². The topological polar surface area (TPSA) is 33.2 Å². The molecule has 1 heterocycles. The number of carbonyl (C=O) groups is 1. The van der Waals surface area contributed by atoms with Crippen molar-refractivity contribution in [3.8, 4) is 0 Å². The van der Waals surface area contributed by atoms with Gasteiger partial charge in [-0.3, -0.25) is 9.69 Å². The molecule has 1 amide bonds. The Labute approximate surface area is 127 Å². The summed E-state index contributed by atoms with van der Waals surface area (Å²) in [4.78, 5) is 18.7. The highest BCUT2D eigenvalue weighted by Gasteiger charge is 2.17. The van der Waals surface area contributed by atoms with Gasteiger partial charge < -0.3 is 0 Å². The number of benzene rings is 2. The van der Waals surface area contributed by atoms with Crippen molar-refractivity contribution >= 4 is 32.6 Å². The van der Waals surface area contributed by atoms with Crippen LogP contribution in [0, 0.1) is 13.8 Å². The van der Waals surface area contributed by atoms with Gasteiger partial charge in [-0.05, 0) is 49.2 Å². The summed E-state index contributed by atoms with van der Waals surface area (Å²) in [6.45, 7) is 4.06. The van der Waals surface area contributed by atoms with Gasteiger partial charge in [-0.1, -0.05) is 29.5 Å². The molecule has 4 heteroatoms. The third kappa shape index (κ3) is 2.54. The summed E-state index contributed by atoms with van der Waals surface area (Å²) < 4.78 is 1.09. The second-order valence-electron chi connectivity index (χ2n) is 5.13. The van der Waals surface area contributed by atoms with Gasteiger partial charge in [-0.15, -0.1) is 0 Å². The number of aromatic nitrogens is 1. The van der Waals surface area contributed by atoms with Crippen LogP contribution in [0.5, 0.6) is 0 Å². The van der Waals surface area contributed by atoms with Gasteiger partial charge in [0, 0.05) is 12.6 Å². The molecule has 0 bridgehead atoms. The highest BCUT2D eigenvalue weighted by atomic mass is 32.1. The number of aryl methyl sites for hydroxylation is 2. The van der Waals surface area contributed by atoms with Crippen LogP contribution in [-0.2, 0) is 0 Å². The number of carbonyl (C=O) groups excluding carboxylic acids is 1. The second-order valence-corrected chi connectivity index (χ2v) is 6.14. The average Bonchev–Trinajstić information content (AvgIpc) is 2.92. The van der Waals surface area contributed by atoms with Crippen molar-refractivity contribution in [3.63, 3.8) is 0 Å². The van der Waals surface area contributed by atoms with Crippen LogP contribution in [0.2, 0.25) is 0 Å². The lowest BCUT2D eigenvalue weighted by molar-refractivity contribution is 0.0993. The van der Waals surface area contributed by atoms with Crippen LogP contribution >= 0.6 is 11.3 Å². The third-order valence-electron chi connectivity index (χ3n) is 3.63. The van der Waals surface area contributed by atoms with Crippen molar-refractivity contribution in [1.82, 2.24) is 4.98 Å². The molecule has 0 N–H and O–H groups in total. The second kappa shape index (κ2) is 5.30. The zero-order valence-corrected chi connectivity index (χ0v) is 13.1. The number of thiazole rings is 1. The molecule has 21 heavy (non-hydrogen) atoms. The molecule has 0 unspecified atom stereocenters. The number of rotatable bonds is 2. The summed E-state index contributed by atoms with van der Waals surface area (Å²) in [5.74, 6) is -0.0304. The van der Waals surface area contributed by atoms with Gasteiger partial charge in [0.1, 0.15) is 0 Å². The molecule has 3 rings (SSSR count). The zero-order chi connectivity index (χ0) is 15.0. The van der Waals surface area contributed by atoms with Gasteiger partial charge >= 0.3 is 0 Å². The Morgan fingerprint density at radius 1 is 1.10 bits per heavy atom. The molecule has 0 saturated carbocycles. The van der Waals surface area contributed by atoms with E-state index in [4.69, 9.17) is 0 Å². The molecule has 0 spiro atoms. The molecule has 0 atom stereocenters. The highest BCUT2D eigenvalue weighted by molar-refractivity contribution is 7.22. The monoisotopic (exact) mass is 296 g/mol. The number of amides is 1. The quantitative estimate of drug-likeness (QED) is 0.710. The van der Waals surface area contributed by atoms with E-state index in [0.29, 0.717) is 5.56 Å². The fourth-order valence-corrected chi connectivity index (χ4v) is 3.08. The molecule has 0 radical (unpaired) electrons. The van der Waals surface area contributed by atoms with Crippen molar-refractivity contribution < 1.29 is 4.79 Å². The van der Waals surface area contributed by atoms with Crippen LogP contribution < -0.4 is 4.90 Å². The maximum Gasteiger partial charge on any atom is 0.259 e. The lowest BCUT2D eigenvalue weighted by Gasteiger charge is -2.14. The Morgan fingerprint density at radius 2 is 1.86 bits per heavy atom. The molecule has 0 fully saturated rings. The molecule has 0 saturated heterocycles. The van der Waals surface area contributed by atoms with Gasteiger partial charge in [-0.2, -0.15) is 0 Å². The summed E-state index contributed by atoms with van der Waals surface area (Å²) >= 11 is 1.53. The molecule has 0 aliphatic rings. The molecule has 0 aliphatic carbocycles. The van der Waals surface area contributed by atoms with Crippen LogP contribution in [0.3, 0.4) is 0 Å². The predicted octanol–water partition coefficient (Wildman–Crippen LogP) is 4.19. The predicted molar refractivity (Wildman–Crippen MR) is 88.3 cm³/mol. The molecule has 106 valence electrons. The van der Waals surface area contributed by atoms with Crippen molar-refractivity contribution in [2.75, 3.05) is 11.9 Å². The van der Waals surface area contributed by atoms with E-state index in [2.05, 4.69) is 4.98 Å². The molecule has 2 aromatic carbocycles. The number of anilines is 1. The van der Waals surface area contributed by atoms with E-state index in [1.807, 2.05) is 56.3 Å². The van der Waals surface area contributed by atoms with Crippen LogP contribution in [0.25, 0.3) is 10.2 Å². The Morgan fingerprint density at radius 3 is 2.57 bits per heavy atom. The van der Waals surface area contributed by atoms with Gasteiger partial charge in [0.05, 0.1) is 10.2 Å². The van der Waals surface area contributed by atoms with Crippen molar-refractivity contribution in [3.05, 3.63) is 59.2 Å². The van der Waals surface area contributed by atoms with Gasteiger partial charge in [0.15, 0.2) is 5.13 Å². The summed E-state index contributed by atoms with van der Waals surface area (Å²) in [6.07, 6.45) is 0. The summed E-state index contributed by atoms with van der Waals surface area (Å²) in [6, 6.07) is 13.7. The first-order valence-electron chi connectivity index (χ1n) is 6.77. The highest BCUT2D eigenvalue weighted by Crippen LogP contribution is 2.28. The van der Waals surface area contributed by atoms with E-state index in [1.165, 1.54) is 16.9 Å². The van der Waals surface area contributed by atoms with Crippen molar-refractivity contribution in [1.29, 1.82) is 0 Å². The van der Waals surface area contributed by atoms with Gasteiger partial charge in [-0.25, -0.2) is 4.98 Å². The van der Waals surface area contributed by atoms with Crippen LogP contribution in [0.15, 0.2) is 42.5 Å². The summed E-state index contributed by atoms with van der Waals surface area (Å²) in [5.41, 5.74) is 3.94. The van der Waals surface area contributed by atoms with E-state index in [0.717, 1.165) is 20.9 Å². The van der Waals surface area contributed by atoms with Crippen LogP contribution in [0.1, 0.15) is 21.5 Å². The Bertz CT molecular complexity index is 790. The smallest absolute Gasteiger partial charge is 0.259 e. The minimum Gasteiger partial charge on any atom is -0.287 e. The van der Waals surface area contributed by atoms with Gasteiger partial charge in [0.25, 0.3) is 5.91 Å². The first-order chi connectivity index (χ1) is 10.1. The number of nitrogens with zero attached hydrogens (tertiary/aromatic N) is 2. The first-order valence-corrected chi connectivity index (χ1v) is 7.59. The van der Waals surface area contributed by atoms with E-state index >= 15 is 0 Å². The standard InChI is InChI=1S/C17H16N2OS/c1-11-8-9-13(10-12(11)2)16(20)19(3)17-18-14-6-4-5-7-15(14)21-17/h4-10H,1-3H3. The molecule has 1 aromatic heterocycles. The molecular weight excluding hydrogens is 280 g/mol. The fourth-order valence-electron chi connectivity index (χ4n) is 2.16. The number of hydrogen-bond donors (Lipinski definition) is 0. The number of fused-ring (bicyclic) bond motifs is 1. The number of para-hydroxylation sites is 1. The van der Waals surface area contributed by atoms with Gasteiger partial charge in [0.2, 0.25) is 0 Å². The van der Waals surface area contributed by atoms with E-state index < -0.39 is 0 Å². The zero-order valence-electron chi connectivity index (χ0n) is 12.3. The SMILES string of the molecule is Cc1ccc(C(=O)N(C)c2nc3ccccc3s2)cc1C. The maximum atomic E-state index is 12.6. The lowest BCUT2D eigenvalue weighted by atomic mass is 10.1. The van der Waals surface area contributed by atoms with E-state index in [1.54, 1.807) is 11.9 Å². The minimum atomic E-state index is -0.0304. The van der Waals surface area contributed by atoms with Crippen molar-refractivity contribution in [2.45, 2.75) is 13.8 Å². The van der Waals surface area contributed by atoms with E-state index in [9.17, 15) is 4.79 Å². The minimum absolute atomic E-state index is 0.0304. The molecule has 0 aliphatic heterocycles. The third-order valence-corrected chi connectivity index (χ3v) is 4.74. The summed E-state index contributed by atoms with van der Waals surface area (Å²) in [5, 5.41) is 0.722. The van der Waals surface area contributed by atoms with E-state index in [-0.39, 0.29) is 5.91 Å². The Hall–Kier alpha value is -2.20. The maximum absolute atomic E-state index is 12.6. The fraction of sp³-hybridized carbons (Fsp3) is 0.176. The largest absolute Gasteiger partial charge is 0.287 e. The lowest BCUT2D eigenvalue weighted by Crippen LogP contribution is -2.26. The molecular formula is C17H16N2OS. The Kier molecular flexibility index (Phi) is 3.47. The number of hydrogen-bond acceptors (Lipinski definition) is 3. The molecule has 3 nitrogen and oxygen atoms in total. The van der Waals surface area contributed by atoms with Crippen molar-refractivity contribution in [2.24, 2.45) is 0 Å². The Balaban J connectivity index is 1.94.